The highest BCUT2D eigenvalue weighted by Crippen LogP contribution is 2.37. The van der Waals surface area contributed by atoms with E-state index in [1.165, 1.54) is 7.11 Å². The van der Waals surface area contributed by atoms with Crippen molar-refractivity contribution in [1.82, 2.24) is 4.90 Å². The Hall–Kier alpha value is -1.46. The number of halogens is 1. The Morgan fingerprint density at radius 2 is 2.10 bits per heavy atom. The Bertz CT molecular complexity index is 499. The lowest BCUT2D eigenvalue weighted by molar-refractivity contribution is 0.187. The van der Waals surface area contributed by atoms with Gasteiger partial charge < -0.3 is 15.4 Å². The van der Waals surface area contributed by atoms with Crippen molar-refractivity contribution in [3.05, 3.63) is 22.7 Å². The fraction of sp³-hybridized carbons (Fsp3) is 0.500. The van der Waals surface area contributed by atoms with E-state index in [0.29, 0.717) is 22.3 Å². The molecule has 1 heterocycles. The average Bonchev–Trinajstić information content (AvgIpc) is 2.43. The number of hydrogen-bond acceptors (Lipinski definition) is 4. The van der Waals surface area contributed by atoms with Crippen LogP contribution in [0.4, 0.5) is 16.2 Å². The molecule has 1 aliphatic rings. The van der Waals surface area contributed by atoms with Crippen LogP contribution in [0, 0.1) is 0 Å². The van der Waals surface area contributed by atoms with E-state index in [-0.39, 0.29) is 0 Å². The number of rotatable bonds is 2. The highest BCUT2D eigenvalue weighted by Gasteiger charge is 2.22. The molecule has 20 heavy (non-hydrogen) atoms. The summed E-state index contributed by atoms with van der Waals surface area (Å²) in [6.45, 7) is 2.07. The number of carbonyl (C=O) groups excluding carboxylic acids is 1. The van der Waals surface area contributed by atoms with Crippen molar-refractivity contribution >= 4 is 29.1 Å². The Morgan fingerprint density at radius 3 is 2.70 bits per heavy atom. The lowest BCUT2D eigenvalue weighted by Gasteiger charge is -2.30. The van der Waals surface area contributed by atoms with E-state index < -0.39 is 6.09 Å². The van der Waals surface area contributed by atoms with E-state index in [4.69, 9.17) is 17.3 Å². The van der Waals surface area contributed by atoms with Crippen molar-refractivity contribution in [2.75, 3.05) is 38.3 Å². The maximum absolute atomic E-state index is 11.3. The molecule has 5 nitrogen and oxygen atoms in total. The summed E-state index contributed by atoms with van der Waals surface area (Å²) in [5, 5.41) is 3.23. The number of hydrogen-bond donors (Lipinski definition) is 2. The number of carbonyl (C=O) groups is 1. The minimum atomic E-state index is -0.513. The van der Waals surface area contributed by atoms with Crippen molar-refractivity contribution in [3.8, 4) is 0 Å². The molecule has 0 atom stereocenters. The largest absolute Gasteiger partial charge is 0.453 e. The van der Waals surface area contributed by atoms with Gasteiger partial charge in [0.2, 0.25) is 0 Å². The lowest BCUT2D eigenvalue weighted by Crippen LogP contribution is -2.29. The van der Waals surface area contributed by atoms with Gasteiger partial charge in [-0.2, -0.15) is 0 Å². The van der Waals surface area contributed by atoms with Gasteiger partial charge in [-0.25, -0.2) is 4.79 Å². The van der Waals surface area contributed by atoms with Gasteiger partial charge in [-0.3, -0.25) is 5.32 Å². The van der Waals surface area contributed by atoms with Crippen LogP contribution in [-0.2, 0) is 4.74 Å². The molecule has 0 aliphatic carbocycles. The Kier molecular flexibility index (Phi) is 4.73. The number of benzene rings is 1. The number of methoxy groups -OCH3 is 1. The minimum absolute atomic E-state index is 0.375. The molecule has 3 N–H and O–H groups in total. The third kappa shape index (κ3) is 3.35. The van der Waals surface area contributed by atoms with Crippen LogP contribution in [0.25, 0.3) is 0 Å². The molecule has 6 heteroatoms. The zero-order valence-corrected chi connectivity index (χ0v) is 12.5. The van der Waals surface area contributed by atoms with Crippen molar-refractivity contribution in [3.63, 3.8) is 0 Å². The van der Waals surface area contributed by atoms with Gasteiger partial charge in [0, 0.05) is 5.69 Å². The van der Waals surface area contributed by atoms with Gasteiger partial charge in [0.25, 0.3) is 0 Å². The van der Waals surface area contributed by atoms with Crippen molar-refractivity contribution in [1.29, 1.82) is 0 Å². The molecule has 0 saturated carbocycles. The average molecular weight is 298 g/mol. The first-order valence-corrected chi connectivity index (χ1v) is 7.01. The number of piperidine rings is 1. The van der Waals surface area contributed by atoms with Crippen LogP contribution >= 0.6 is 11.6 Å². The quantitative estimate of drug-likeness (QED) is 0.824. The molecule has 0 spiro atoms. The normalized spacial score (nSPS) is 16.9. The number of amides is 1. The number of nitrogens with two attached hydrogens (primary N) is 1. The first-order valence-electron chi connectivity index (χ1n) is 6.63. The van der Waals surface area contributed by atoms with Crippen LogP contribution in [0.3, 0.4) is 0 Å². The molecule has 1 fully saturated rings. The van der Waals surface area contributed by atoms with E-state index in [1.807, 2.05) is 6.07 Å². The summed E-state index contributed by atoms with van der Waals surface area (Å²) in [6, 6.07) is 3.54. The number of nitrogen functional groups attached to an aromatic ring is 1. The third-order valence-electron chi connectivity index (χ3n) is 3.72. The molecule has 1 amide bonds. The summed E-state index contributed by atoms with van der Waals surface area (Å²) < 4.78 is 4.59. The van der Waals surface area contributed by atoms with Gasteiger partial charge in [-0.05, 0) is 56.6 Å². The maximum Gasteiger partial charge on any atom is 0.411 e. The van der Waals surface area contributed by atoms with Crippen LogP contribution in [0.2, 0.25) is 5.02 Å². The SMILES string of the molecule is COC(=O)Nc1cc(N)c(Cl)c(C2CCN(C)CC2)c1. The fourth-order valence-corrected chi connectivity index (χ4v) is 2.79. The van der Waals surface area contributed by atoms with E-state index in [9.17, 15) is 4.79 Å². The van der Waals surface area contributed by atoms with Crippen LogP contribution in [-0.4, -0.2) is 38.2 Å². The summed E-state index contributed by atoms with van der Waals surface area (Å²) in [5.74, 6) is 0.375. The monoisotopic (exact) mass is 297 g/mol. The first-order chi connectivity index (χ1) is 9.51. The molecule has 0 aromatic heterocycles. The molecule has 1 aromatic rings. The maximum atomic E-state index is 11.3. The topological polar surface area (TPSA) is 67.6 Å². The zero-order valence-electron chi connectivity index (χ0n) is 11.8. The van der Waals surface area contributed by atoms with Gasteiger partial charge in [-0.15, -0.1) is 0 Å². The summed E-state index contributed by atoms with van der Waals surface area (Å²) >= 11 is 6.32. The van der Waals surface area contributed by atoms with Crippen LogP contribution < -0.4 is 11.1 Å². The van der Waals surface area contributed by atoms with E-state index in [1.54, 1.807) is 6.07 Å². The second-order valence-electron chi connectivity index (χ2n) is 5.16. The predicted octanol–water partition coefficient (Wildman–Crippen LogP) is 2.91. The minimum Gasteiger partial charge on any atom is -0.453 e. The van der Waals surface area contributed by atoms with Gasteiger partial charge >= 0.3 is 6.09 Å². The number of nitrogens with zero attached hydrogens (tertiary/aromatic N) is 1. The van der Waals surface area contributed by atoms with Crippen molar-refractivity contribution in [2.24, 2.45) is 0 Å². The predicted molar refractivity (Wildman–Crippen MR) is 81.4 cm³/mol. The molecule has 110 valence electrons. The van der Waals surface area contributed by atoms with E-state index >= 15 is 0 Å². The molecular weight excluding hydrogens is 278 g/mol. The molecule has 1 aromatic carbocycles. The Morgan fingerprint density at radius 1 is 1.45 bits per heavy atom. The van der Waals surface area contributed by atoms with Crippen molar-refractivity contribution in [2.45, 2.75) is 18.8 Å². The van der Waals surface area contributed by atoms with Gasteiger partial charge in [0.1, 0.15) is 0 Å². The summed E-state index contributed by atoms with van der Waals surface area (Å²) in [7, 11) is 3.44. The molecule has 1 saturated heterocycles. The molecular formula is C14H20ClN3O2. The third-order valence-corrected chi connectivity index (χ3v) is 4.16. The smallest absolute Gasteiger partial charge is 0.411 e. The number of nitrogens with one attached hydrogen (secondary N) is 1. The molecule has 2 rings (SSSR count). The van der Waals surface area contributed by atoms with Gasteiger partial charge in [-0.1, -0.05) is 11.6 Å². The van der Waals surface area contributed by atoms with Crippen LogP contribution in [0.15, 0.2) is 12.1 Å². The van der Waals surface area contributed by atoms with Crippen molar-refractivity contribution < 1.29 is 9.53 Å². The van der Waals surface area contributed by atoms with E-state index in [2.05, 4.69) is 22.0 Å². The molecule has 0 radical (unpaired) electrons. The number of likely N-dealkylation sites (tertiary alicyclic amines) is 1. The standard InChI is InChI=1S/C14H20ClN3O2/c1-18-5-3-9(4-6-18)11-7-10(17-14(19)20-2)8-12(16)13(11)15/h7-9H,3-6,16H2,1-2H3,(H,17,19). The second-order valence-corrected chi connectivity index (χ2v) is 5.54. The van der Waals surface area contributed by atoms with Crippen LogP contribution in [0.1, 0.15) is 24.3 Å². The molecule has 0 unspecified atom stereocenters. The summed E-state index contributed by atoms with van der Waals surface area (Å²) in [4.78, 5) is 13.6. The van der Waals surface area contributed by atoms with Crippen LogP contribution in [0.5, 0.6) is 0 Å². The Balaban J connectivity index is 2.25. The fourth-order valence-electron chi connectivity index (χ4n) is 2.53. The molecule has 1 aliphatic heterocycles. The van der Waals surface area contributed by atoms with Gasteiger partial charge in [0.05, 0.1) is 17.8 Å². The highest BCUT2D eigenvalue weighted by atomic mass is 35.5. The highest BCUT2D eigenvalue weighted by molar-refractivity contribution is 6.34. The summed E-state index contributed by atoms with van der Waals surface area (Å²) in [5.41, 5.74) is 8.04. The van der Waals surface area contributed by atoms with E-state index in [0.717, 1.165) is 31.5 Å². The Labute approximate surface area is 124 Å². The number of anilines is 2. The number of ether oxygens (including phenoxy) is 1. The zero-order chi connectivity index (χ0) is 14.7. The lowest BCUT2D eigenvalue weighted by atomic mass is 9.89. The summed E-state index contributed by atoms with van der Waals surface area (Å²) in [6.07, 6.45) is 1.57. The first kappa shape index (κ1) is 14.9. The molecule has 0 bridgehead atoms. The second kappa shape index (κ2) is 6.33. The van der Waals surface area contributed by atoms with Gasteiger partial charge in [0.15, 0.2) is 0 Å².